The molecular formula is C26H24N2O4. The number of aryl methyl sites for hydroxylation is 1. The summed E-state index contributed by atoms with van der Waals surface area (Å²) in [5.41, 5.74) is 3.89. The minimum absolute atomic E-state index is 0.204. The van der Waals surface area contributed by atoms with Crippen molar-refractivity contribution in [2.75, 3.05) is 5.32 Å². The lowest BCUT2D eigenvalue weighted by Gasteiger charge is -2.09. The Hall–Kier alpha value is -4.19. The maximum atomic E-state index is 12.5. The van der Waals surface area contributed by atoms with Crippen LogP contribution in [0.25, 0.3) is 6.08 Å². The van der Waals surface area contributed by atoms with E-state index in [1.54, 1.807) is 42.5 Å². The Kier molecular flexibility index (Phi) is 7.54. The second kappa shape index (κ2) is 10.7. The van der Waals surface area contributed by atoms with Crippen LogP contribution >= 0.6 is 0 Å². The lowest BCUT2D eigenvalue weighted by Crippen LogP contribution is -2.20. The Morgan fingerprint density at radius 1 is 0.938 bits per heavy atom. The molecule has 32 heavy (non-hydrogen) atoms. The summed E-state index contributed by atoms with van der Waals surface area (Å²) < 4.78 is 5.02. The van der Waals surface area contributed by atoms with Crippen molar-refractivity contribution in [1.29, 1.82) is 0 Å². The normalized spacial score (nSPS) is 10.6. The van der Waals surface area contributed by atoms with Crippen LogP contribution in [-0.4, -0.2) is 17.8 Å². The molecule has 6 heteroatoms. The maximum Gasteiger partial charge on any atom is 0.308 e. The SMILES string of the molecule is CC(=O)Oc1cccc(C(=O)Nc2cccc(CNC(=O)/C=C/c3ccccc3C)c2)c1. The highest BCUT2D eigenvalue weighted by atomic mass is 16.5. The first-order valence-electron chi connectivity index (χ1n) is 10.1. The van der Waals surface area contributed by atoms with E-state index in [4.69, 9.17) is 4.74 Å². The van der Waals surface area contributed by atoms with Crippen molar-refractivity contribution in [2.45, 2.75) is 20.4 Å². The zero-order chi connectivity index (χ0) is 22.9. The number of amides is 2. The van der Waals surface area contributed by atoms with Gasteiger partial charge in [-0.3, -0.25) is 14.4 Å². The first-order valence-corrected chi connectivity index (χ1v) is 10.1. The molecule has 0 unspecified atom stereocenters. The fraction of sp³-hybridized carbons (Fsp3) is 0.115. The van der Waals surface area contributed by atoms with Gasteiger partial charge in [-0.25, -0.2) is 0 Å². The van der Waals surface area contributed by atoms with Crippen molar-refractivity contribution >= 4 is 29.5 Å². The number of benzene rings is 3. The molecule has 6 nitrogen and oxygen atoms in total. The van der Waals surface area contributed by atoms with E-state index >= 15 is 0 Å². The average molecular weight is 428 g/mol. The van der Waals surface area contributed by atoms with Gasteiger partial charge in [0.1, 0.15) is 5.75 Å². The molecule has 0 saturated heterocycles. The molecule has 0 aliphatic rings. The smallest absolute Gasteiger partial charge is 0.308 e. The van der Waals surface area contributed by atoms with E-state index in [1.165, 1.54) is 19.1 Å². The molecule has 0 aliphatic carbocycles. The lowest BCUT2D eigenvalue weighted by molar-refractivity contribution is -0.131. The Labute approximate surface area is 186 Å². The van der Waals surface area contributed by atoms with Crippen LogP contribution in [0.2, 0.25) is 0 Å². The Morgan fingerprint density at radius 3 is 2.50 bits per heavy atom. The summed E-state index contributed by atoms with van der Waals surface area (Å²) in [6.45, 7) is 3.61. The number of hydrogen-bond acceptors (Lipinski definition) is 4. The molecule has 0 saturated carbocycles. The molecule has 162 valence electrons. The Balaban J connectivity index is 1.58. The standard InChI is InChI=1S/C26H24N2O4/c1-18-7-3-4-9-21(18)13-14-25(30)27-17-20-8-5-11-23(15-20)28-26(31)22-10-6-12-24(16-22)32-19(2)29/h3-16H,17H2,1-2H3,(H,27,30)(H,28,31)/b14-13+. The summed E-state index contributed by atoms with van der Waals surface area (Å²) in [4.78, 5) is 35.8. The van der Waals surface area contributed by atoms with Gasteiger partial charge in [-0.05, 0) is 60.0 Å². The van der Waals surface area contributed by atoms with Crippen LogP contribution in [0.4, 0.5) is 5.69 Å². The van der Waals surface area contributed by atoms with E-state index < -0.39 is 5.97 Å². The van der Waals surface area contributed by atoms with Gasteiger partial charge in [-0.1, -0.05) is 42.5 Å². The second-order valence-electron chi connectivity index (χ2n) is 7.18. The average Bonchev–Trinajstić information content (AvgIpc) is 2.77. The monoisotopic (exact) mass is 428 g/mol. The molecule has 3 rings (SSSR count). The molecule has 0 radical (unpaired) electrons. The third-order valence-corrected chi connectivity index (χ3v) is 4.61. The number of nitrogens with one attached hydrogen (secondary N) is 2. The minimum atomic E-state index is -0.453. The zero-order valence-corrected chi connectivity index (χ0v) is 17.9. The van der Waals surface area contributed by atoms with E-state index in [2.05, 4.69) is 10.6 Å². The summed E-state index contributed by atoms with van der Waals surface area (Å²) in [6, 6.07) is 21.4. The summed E-state index contributed by atoms with van der Waals surface area (Å²) in [5.74, 6) is -0.683. The number of esters is 1. The van der Waals surface area contributed by atoms with Crippen molar-refractivity contribution in [3.8, 4) is 5.75 Å². The molecule has 2 N–H and O–H groups in total. The van der Waals surface area contributed by atoms with Crippen LogP contribution in [-0.2, 0) is 16.1 Å². The van der Waals surface area contributed by atoms with E-state index in [1.807, 2.05) is 37.3 Å². The minimum Gasteiger partial charge on any atom is -0.427 e. The van der Waals surface area contributed by atoms with E-state index in [-0.39, 0.29) is 11.8 Å². The maximum absolute atomic E-state index is 12.5. The van der Waals surface area contributed by atoms with Crippen molar-refractivity contribution in [2.24, 2.45) is 0 Å². The molecule has 2 amide bonds. The molecule has 0 atom stereocenters. The van der Waals surface area contributed by atoms with Gasteiger partial charge >= 0.3 is 5.97 Å². The van der Waals surface area contributed by atoms with E-state index in [9.17, 15) is 14.4 Å². The fourth-order valence-electron chi connectivity index (χ4n) is 3.02. The molecule has 0 aromatic heterocycles. The van der Waals surface area contributed by atoms with Gasteiger partial charge in [0.05, 0.1) is 0 Å². The molecule has 0 heterocycles. The van der Waals surface area contributed by atoms with Crippen LogP contribution in [0, 0.1) is 6.92 Å². The molecule has 0 fully saturated rings. The number of anilines is 1. The van der Waals surface area contributed by atoms with Gasteiger partial charge in [0.15, 0.2) is 0 Å². The Morgan fingerprint density at radius 2 is 1.72 bits per heavy atom. The van der Waals surface area contributed by atoms with Gasteiger partial charge in [0.2, 0.25) is 5.91 Å². The van der Waals surface area contributed by atoms with Crippen molar-refractivity contribution in [3.63, 3.8) is 0 Å². The third-order valence-electron chi connectivity index (χ3n) is 4.61. The van der Waals surface area contributed by atoms with E-state index in [0.717, 1.165) is 16.7 Å². The third kappa shape index (κ3) is 6.67. The Bertz CT molecular complexity index is 1170. The lowest BCUT2D eigenvalue weighted by atomic mass is 10.1. The molecular weight excluding hydrogens is 404 g/mol. The summed E-state index contributed by atoms with van der Waals surface area (Å²) in [5, 5.41) is 5.65. The van der Waals surface area contributed by atoms with Gasteiger partial charge in [0, 0.05) is 30.8 Å². The van der Waals surface area contributed by atoms with Crippen molar-refractivity contribution in [1.82, 2.24) is 5.32 Å². The van der Waals surface area contributed by atoms with Crippen LogP contribution < -0.4 is 15.4 Å². The predicted molar refractivity (Wildman–Crippen MR) is 124 cm³/mol. The summed E-state index contributed by atoms with van der Waals surface area (Å²) >= 11 is 0. The van der Waals surface area contributed by atoms with Crippen molar-refractivity contribution < 1.29 is 19.1 Å². The van der Waals surface area contributed by atoms with Gasteiger partial charge in [-0.2, -0.15) is 0 Å². The first kappa shape index (κ1) is 22.5. The molecule has 0 aliphatic heterocycles. The fourth-order valence-corrected chi connectivity index (χ4v) is 3.02. The van der Waals surface area contributed by atoms with Gasteiger partial charge < -0.3 is 15.4 Å². The second-order valence-corrected chi connectivity index (χ2v) is 7.18. The quantitative estimate of drug-likeness (QED) is 0.330. The van der Waals surface area contributed by atoms with Crippen LogP contribution in [0.1, 0.15) is 34.0 Å². The number of carbonyl (C=O) groups excluding carboxylic acids is 3. The predicted octanol–water partition coefficient (Wildman–Crippen LogP) is 4.50. The summed E-state index contributed by atoms with van der Waals surface area (Å²) in [6.07, 6.45) is 3.29. The number of rotatable bonds is 7. The zero-order valence-electron chi connectivity index (χ0n) is 17.9. The number of ether oxygens (including phenoxy) is 1. The van der Waals surface area contributed by atoms with Gasteiger partial charge in [0.25, 0.3) is 5.91 Å². The van der Waals surface area contributed by atoms with Gasteiger partial charge in [-0.15, -0.1) is 0 Å². The highest BCUT2D eigenvalue weighted by Crippen LogP contribution is 2.17. The topological polar surface area (TPSA) is 84.5 Å². The number of hydrogen-bond donors (Lipinski definition) is 2. The van der Waals surface area contributed by atoms with Crippen molar-refractivity contribution in [3.05, 3.63) is 101 Å². The van der Waals surface area contributed by atoms with Crippen LogP contribution in [0.5, 0.6) is 5.75 Å². The molecule has 3 aromatic carbocycles. The highest BCUT2D eigenvalue weighted by Gasteiger charge is 2.09. The van der Waals surface area contributed by atoms with E-state index in [0.29, 0.717) is 23.5 Å². The van der Waals surface area contributed by atoms with Crippen LogP contribution in [0.3, 0.4) is 0 Å². The molecule has 0 bridgehead atoms. The first-order chi connectivity index (χ1) is 15.4. The van der Waals surface area contributed by atoms with Crippen LogP contribution in [0.15, 0.2) is 78.9 Å². The molecule has 0 spiro atoms. The molecule has 3 aromatic rings. The highest BCUT2D eigenvalue weighted by molar-refractivity contribution is 6.04. The number of carbonyl (C=O) groups is 3. The summed E-state index contributed by atoms with van der Waals surface area (Å²) in [7, 11) is 0. The largest absolute Gasteiger partial charge is 0.427 e.